The average Bonchev–Trinajstić information content (AvgIpc) is 3.46. The third kappa shape index (κ3) is 5.98. The molecule has 0 bridgehead atoms. The Hall–Kier alpha value is -3.08. The summed E-state index contributed by atoms with van der Waals surface area (Å²) >= 11 is 1.51. The van der Waals surface area contributed by atoms with Gasteiger partial charge in [0.2, 0.25) is 15.2 Å². The fourth-order valence-corrected chi connectivity index (χ4v) is 6.66. The lowest BCUT2D eigenvalue weighted by Crippen LogP contribution is -2.33. The van der Waals surface area contributed by atoms with Crippen LogP contribution in [-0.4, -0.2) is 46.5 Å². The van der Waals surface area contributed by atoms with Crippen molar-refractivity contribution in [3.63, 3.8) is 0 Å². The average molecular weight is 554 g/mol. The summed E-state index contributed by atoms with van der Waals surface area (Å²) in [7, 11) is -3.62. The summed E-state index contributed by atoms with van der Waals surface area (Å²) < 4.78 is 30.7. The molecule has 8 nitrogen and oxygen atoms in total. The molecular weight excluding hydrogens is 518 g/mol. The molecule has 4 aromatic rings. The second-order valence-electron chi connectivity index (χ2n) is 9.57. The first-order chi connectivity index (χ1) is 18.1. The molecule has 0 fully saturated rings. The van der Waals surface area contributed by atoms with E-state index in [-0.39, 0.29) is 10.8 Å². The Balaban J connectivity index is 1.55. The van der Waals surface area contributed by atoms with Crippen LogP contribution < -0.4 is 5.32 Å². The highest BCUT2D eigenvalue weighted by Crippen LogP contribution is 2.29. The van der Waals surface area contributed by atoms with E-state index in [1.54, 1.807) is 27.2 Å². The monoisotopic (exact) mass is 553 g/mol. The molecule has 0 unspecified atom stereocenters. The normalized spacial score (nSPS) is 11.9. The number of unbranched alkanes of at least 4 members (excludes halogenated alkanes) is 2. The standard InChI is InChI=1S/C28H35N5O3S2/c1-6-8-14-32(15-9-7-2)38(35,36)23-12-10-22(11-13-23)27(34)30-26-18-21(5)31-33(26)28-29-24-16-19(3)20(4)17-25(24)37-28/h10-13,16-18H,6-9,14-15H2,1-5H3,(H,30,34). The molecule has 38 heavy (non-hydrogen) atoms. The number of benzene rings is 2. The topological polar surface area (TPSA) is 97.2 Å². The van der Waals surface area contributed by atoms with Crippen LogP contribution in [0.4, 0.5) is 5.82 Å². The van der Waals surface area contributed by atoms with E-state index in [2.05, 4.69) is 36.4 Å². The van der Waals surface area contributed by atoms with Gasteiger partial charge < -0.3 is 5.32 Å². The molecule has 0 radical (unpaired) electrons. The molecule has 0 atom stereocenters. The van der Waals surface area contributed by atoms with Gasteiger partial charge in [0, 0.05) is 24.7 Å². The van der Waals surface area contributed by atoms with Gasteiger partial charge in [-0.15, -0.1) is 0 Å². The van der Waals surface area contributed by atoms with Crippen LogP contribution in [0.15, 0.2) is 47.4 Å². The minimum atomic E-state index is -3.62. The highest BCUT2D eigenvalue weighted by molar-refractivity contribution is 7.89. The molecule has 10 heteroatoms. The van der Waals surface area contributed by atoms with Gasteiger partial charge in [0.05, 0.1) is 20.8 Å². The number of amides is 1. The summed E-state index contributed by atoms with van der Waals surface area (Å²) in [6.07, 6.45) is 3.46. The number of carbonyl (C=O) groups is 1. The van der Waals surface area contributed by atoms with Crippen LogP contribution in [0.1, 0.15) is 66.7 Å². The number of hydrogen-bond acceptors (Lipinski definition) is 6. The number of carbonyl (C=O) groups excluding carboxylic acids is 1. The van der Waals surface area contributed by atoms with Gasteiger partial charge in [-0.2, -0.15) is 14.1 Å². The van der Waals surface area contributed by atoms with E-state index in [4.69, 9.17) is 4.98 Å². The van der Waals surface area contributed by atoms with E-state index in [1.165, 1.54) is 34.6 Å². The van der Waals surface area contributed by atoms with E-state index in [1.807, 2.05) is 20.8 Å². The molecule has 0 aliphatic rings. The van der Waals surface area contributed by atoms with Crippen molar-refractivity contribution in [1.82, 2.24) is 19.1 Å². The van der Waals surface area contributed by atoms with Crippen molar-refractivity contribution in [2.75, 3.05) is 18.4 Å². The van der Waals surface area contributed by atoms with Crippen molar-refractivity contribution in [1.29, 1.82) is 0 Å². The maximum atomic E-state index is 13.2. The molecule has 2 aromatic carbocycles. The first kappa shape index (κ1) is 27.9. The lowest BCUT2D eigenvalue weighted by atomic mass is 10.1. The van der Waals surface area contributed by atoms with Gasteiger partial charge in [-0.1, -0.05) is 38.0 Å². The van der Waals surface area contributed by atoms with Crippen molar-refractivity contribution in [3.8, 4) is 5.13 Å². The number of thiazole rings is 1. The van der Waals surface area contributed by atoms with Crippen LogP contribution in [0.2, 0.25) is 0 Å². The molecule has 0 saturated carbocycles. The SMILES string of the molecule is CCCCN(CCCC)S(=O)(=O)c1ccc(C(=O)Nc2cc(C)nn2-c2nc3cc(C)c(C)cc3s2)cc1. The Bertz CT molecular complexity index is 1490. The zero-order chi connectivity index (χ0) is 27.4. The first-order valence-corrected chi connectivity index (χ1v) is 15.3. The van der Waals surface area contributed by atoms with Crippen LogP contribution >= 0.6 is 11.3 Å². The van der Waals surface area contributed by atoms with Gasteiger partial charge in [0.25, 0.3) is 5.91 Å². The lowest BCUT2D eigenvalue weighted by Gasteiger charge is -2.22. The minimum Gasteiger partial charge on any atom is -0.306 e. The van der Waals surface area contributed by atoms with Crippen molar-refractivity contribution in [2.24, 2.45) is 0 Å². The van der Waals surface area contributed by atoms with Crippen LogP contribution in [0, 0.1) is 20.8 Å². The Labute approximate surface area is 228 Å². The molecule has 1 amide bonds. The fourth-order valence-electron chi connectivity index (χ4n) is 4.13. The van der Waals surface area contributed by atoms with Crippen molar-refractivity contribution in [3.05, 3.63) is 64.8 Å². The van der Waals surface area contributed by atoms with Gasteiger partial charge in [-0.05, 0) is 81.1 Å². The molecule has 4 rings (SSSR count). The van der Waals surface area contributed by atoms with Crippen LogP contribution in [0.3, 0.4) is 0 Å². The number of nitrogens with one attached hydrogen (secondary N) is 1. The van der Waals surface area contributed by atoms with Crippen LogP contribution in [0.25, 0.3) is 15.3 Å². The van der Waals surface area contributed by atoms with E-state index in [0.29, 0.717) is 29.6 Å². The first-order valence-electron chi connectivity index (χ1n) is 13.0. The third-order valence-electron chi connectivity index (χ3n) is 6.52. The summed E-state index contributed by atoms with van der Waals surface area (Å²) in [6.45, 7) is 11.1. The van der Waals surface area contributed by atoms with Crippen molar-refractivity contribution in [2.45, 2.75) is 65.2 Å². The zero-order valence-corrected chi connectivity index (χ0v) is 24.2. The summed E-state index contributed by atoms with van der Waals surface area (Å²) in [5.41, 5.74) is 4.36. The van der Waals surface area contributed by atoms with Gasteiger partial charge in [0.1, 0.15) is 5.82 Å². The second kappa shape index (κ2) is 11.8. The molecule has 0 aliphatic heterocycles. The van der Waals surface area contributed by atoms with Crippen molar-refractivity contribution >= 4 is 43.3 Å². The number of aromatic nitrogens is 3. The van der Waals surface area contributed by atoms with Crippen molar-refractivity contribution < 1.29 is 13.2 Å². The van der Waals surface area contributed by atoms with Crippen LogP contribution in [0.5, 0.6) is 0 Å². The van der Waals surface area contributed by atoms with Gasteiger partial charge >= 0.3 is 0 Å². The zero-order valence-electron chi connectivity index (χ0n) is 22.6. The second-order valence-corrected chi connectivity index (χ2v) is 12.5. The Kier molecular flexibility index (Phi) is 8.64. The summed E-state index contributed by atoms with van der Waals surface area (Å²) in [5, 5.41) is 8.13. The Morgan fingerprint density at radius 3 is 2.24 bits per heavy atom. The molecule has 2 aromatic heterocycles. The maximum Gasteiger partial charge on any atom is 0.256 e. The van der Waals surface area contributed by atoms with E-state index in [9.17, 15) is 13.2 Å². The summed E-state index contributed by atoms with van der Waals surface area (Å²) in [5.74, 6) is 0.152. The Morgan fingerprint density at radius 1 is 0.974 bits per heavy atom. The van der Waals surface area contributed by atoms with Gasteiger partial charge in [0.15, 0.2) is 0 Å². The largest absolute Gasteiger partial charge is 0.306 e. The van der Waals surface area contributed by atoms with E-state index >= 15 is 0 Å². The van der Waals surface area contributed by atoms with E-state index in [0.717, 1.165) is 41.6 Å². The molecule has 0 saturated heterocycles. The maximum absolute atomic E-state index is 13.2. The number of aryl methyl sites for hydroxylation is 3. The third-order valence-corrected chi connectivity index (χ3v) is 9.43. The molecule has 202 valence electrons. The van der Waals surface area contributed by atoms with Gasteiger partial charge in [-0.25, -0.2) is 13.4 Å². The number of hydrogen-bond donors (Lipinski definition) is 1. The quantitative estimate of drug-likeness (QED) is 0.237. The molecule has 2 heterocycles. The number of sulfonamides is 1. The smallest absolute Gasteiger partial charge is 0.256 e. The number of fused-ring (bicyclic) bond motifs is 1. The number of nitrogens with zero attached hydrogens (tertiary/aromatic N) is 4. The Morgan fingerprint density at radius 2 is 1.61 bits per heavy atom. The predicted molar refractivity (Wildman–Crippen MR) is 154 cm³/mol. The predicted octanol–water partition coefficient (Wildman–Crippen LogP) is 6.25. The highest BCUT2D eigenvalue weighted by atomic mass is 32.2. The number of rotatable bonds is 11. The number of anilines is 1. The summed E-state index contributed by atoms with van der Waals surface area (Å²) in [6, 6.07) is 12.1. The molecule has 0 aliphatic carbocycles. The van der Waals surface area contributed by atoms with Crippen LogP contribution in [-0.2, 0) is 10.0 Å². The van der Waals surface area contributed by atoms with E-state index < -0.39 is 10.0 Å². The highest BCUT2D eigenvalue weighted by Gasteiger charge is 2.24. The molecular formula is C28H35N5O3S2. The molecule has 1 N–H and O–H groups in total. The lowest BCUT2D eigenvalue weighted by molar-refractivity contribution is 0.102. The molecule has 0 spiro atoms. The fraction of sp³-hybridized carbons (Fsp3) is 0.393. The van der Waals surface area contributed by atoms with Gasteiger partial charge in [-0.3, -0.25) is 4.79 Å². The minimum absolute atomic E-state index is 0.196. The summed E-state index contributed by atoms with van der Waals surface area (Å²) in [4.78, 5) is 18.0.